The molecular formula is C5H2O2Zn. The molecule has 0 aliphatic heterocycles. The summed E-state index contributed by atoms with van der Waals surface area (Å²) in [6, 6.07) is 0. The summed E-state index contributed by atoms with van der Waals surface area (Å²) >= 11 is 0. The molecule has 0 atom stereocenters. The molecule has 0 saturated heterocycles. The SMILES string of the molecule is C#COC(=O)C#C.[Zn]. The molecule has 0 spiro atoms. The molecule has 0 aromatic heterocycles. The van der Waals surface area contributed by atoms with Crippen LogP contribution < -0.4 is 0 Å². The molecule has 0 fully saturated rings. The monoisotopic (exact) mass is 158 g/mol. The fraction of sp³-hybridized carbons (Fsp3) is 0. The van der Waals surface area contributed by atoms with Crippen molar-refractivity contribution in [2.75, 3.05) is 0 Å². The van der Waals surface area contributed by atoms with Crippen molar-refractivity contribution in [1.82, 2.24) is 0 Å². The number of carbonyl (C=O) groups excluding carboxylic acids is 1. The number of ether oxygens (including phenoxy) is 1. The molecule has 0 saturated carbocycles. The van der Waals surface area contributed by atoms with E-state index in [-0.39, 0.29) is 19.5 Å². The Morgan fingerprint density at radius 3 is 2.12 bits per heavy atom. The fourth-order valence-corrected chi connectivity index (χ4v) is 0.0830. The molecule has 0 radical (unpaired) electrons. The van der Waals surface area contributed by atoms with Gasteiger partial charge in [0.15, 0.2) is 0 Å². The summed E-state index contributed by atoms with van der Waals surface area (Å²) in [5.41, 5.74) is 0. The summed E-state index contributed by atoms with van der Waals surface area (Å²) < 4.78 is 3.84. The first-order valence-corrected chi connectivity index (χ1v) is 1.44. The van der Waals surface area contributed by atoms with Crippen molar-refractivity contribution in [2.24, 2.45) is 0 Å². The van der Waals surface area contributed by atoms with Crippen molar-refractivity contribution < 1.29 is 29.0 Å². The van der Waals surface area contributed by atoms with E-state index in [1.54, 1.807) is 12.0 Å². The number of hydrogen-bond donors (Lipinski definition) is 0. The van der Waals surface area contributed by atoms with E-state index in [1.165, 1.54) is 0 Å². The molecule has 0 aliphatic carbocycles. The summed E-state index contributed by atoms with van der Waals surface area (Å²) in [6.45, 7) is 0. The average Bonchev–Trinajstić information content (AvgIpc) is 1.68. The first-order valence-electron chi connectivity index (χ1n) is 1.44. The smallest absolute Gasteiger partial charge is 0.363 e. The van der Waals surface area contributed by atoms with Crippen molar-refractivity contribution in [1.29, 1.82) is 0 Å². The Morgan fingerprint density at radius 1 is 1.50 bits per heavy atom. The molecule has 3 heteroatoms. The zero-order chi connectivity index (χ0) is 5.70. The van der Waals surface area contributed by atoms with Crippen molar-refractivity contribution >= 4 is 5.97 Å². The van der Waals surface area contributed by atoms with Gasteiger partial charge in [0.2, 0.25) is 0 Å². The third kappa shape index (κ3) is 5.21. The predicted molar refractivity (Wildman–Crippen MR) is 23.8 cm³/mol. The van der Waals surface area contributed by atoms with E-state index in [0.717, 1.165) is 0 Å². The van der Waals surface area contributed by atoms with Gasteiger partial charge in [-0.15, -0.1) is 6.42 Å². The van der Waals surface area contributed by atoms with Gasteiger partial charge in [-0.3, -0.25) is 0 Å². The van der Waals surface area contributed by atoms with Crippen molar-refractivity contribution in [3.8, 4) is 24.9 Å². The molecule has 36 valence electrons. The molecule has 2 nitrogen and oxygen atoms in total. The van der Waals surface area contributed by atoms with Crippen LogP contribution >= 0.6 is 0 Å². The summed E-state index contributed by atoms with van der Waals surface area (Å²) in [5, 5.41) is 0. The molecular weight excluding hydrogens is 157 g/mol. The molecule has 0 bridgehead atoms. The number of esters is 1. The second-order valence-corrected chi connectivity index (χ2v) is 0.652. The van der Waals surface area contributed by atoms with Gasteiger partial charge >= 0.3 is 5.97 Å². The largest absolute Gasteiger partial charge is 0.398 e. The Labute approximate surface area is 60.4 Å². The fourth-order valence-electron chi connectivity index (χ4n) is 0.0830. The maximum atomic E-state index is 9.81. The number of rotatable bonds is 0. The van der Waals surface area contributed by atoms with Gasteiger partial charge in [0.1, 0.15) is 6.11 Å². The number of hydrogen-bond acceptors (Lipinski definition) is 2. The summed E-state index contributed by atoms with van der Waals surface area (Å²) in [6.07, 6.45) is 10.7. The van der Waals surface area contributed by atoms with Gasteiger partial charge in [-0.05, 0) is 0 Å². The van der Waals surface area contributed by atoms with Crippen LogP contribution in [0.4, 0.5) is 0 Å². The minimum atomic E-state index is -0.831. The first-order chi connectivity index (χ1) is 3.31. The van der Waals surface area contributed by atoms with Crippen LogP contribution in [0, 0.1) is 24.9 Å². The quantitative estimate of drug-likeness (QED) is 0.211. The van der Waals surface area contributed by atoms with Gasteiger partial charge in [-0.25, -0.2) is 4.79 Å². The van der Waals surface area contributed by atoms with Crippen LogP contribution in [0.25, 0.3) is 0 Å². The predicted octanol–water partition coefficient (Wildman–Crippen LogP) is -0.249. The maximum absolute atomic E-state index is 9.81. The minimum Gasteiger partial charge on any atom is -0.363 e. The molecule has 8 heavy (non-hydrogen) atoms. The Hall–Kier alpha value is -0.787. The third-order valence-electron chi connectivity index (χ3n) is 0.269. The Balaban J connectivity index is 0. The molecule has 0 unspecified atom stereocenters. The van der Waals surface area contributed by atoms with Gasteiger partial charge in [-0.1, -0.05) is 6.42 Å². The molecule has 0 rings (SSSR count). The van der Waals surface area contributed by atoms with Crippen LogP contribution in [-0.4, -0.2) is 5.97 Å². The minimum absolute atomic E-state index is 0. The van der Waals surface area contributed by atoms with Crippen LogP contribution in [0.15, 0.2) is 0 Å². The molecule has 0 aromatic rings. The van der Waals surface area contributed by atoms with Gasteiger partial charge in [0, 0.05) is 25.4 Å². The summed E-state index contributed by atoms with van der Waals surface area (Å²) in [7, 11) is 0. The summed E-state index contributed by atoms with van der Waals surface area (Å²) in [5.74, 6) is 0.831. The van der Waals surface area contributed by atoms with Crippen LogP contribution in [0.5, 0.6) is 0 Å². The Bertz CT molecular complexity index is 149. The standard InChI is InChI=1S/C5H2O2.Zn/c1-3-5(6)7-4-2;/h1-2H;. The van der Waals surface area contributed by atoms with Crippen LogP contribution in [0.1, 0.15) is 0 Å². The zero-order valence-corrected chi connectivity index (χ0v) is 7.15. The number of terminal acetylenes is 2. The van der Waals surface area contributed by atoms with Gasteiger partial charge < -0.3 is 4.74 Å². The Morgan fingerprint density at radius 2 is 2.00 bits per heavy atom. The van der Waals surface area contributed by atoms with Gasteiger partial charge in [0.05, 0.1) is 0 Å². The molecule has 0 aliphatic rings. The van der Waals surface area contributed by atoms with E-state index < -0.39 is 5.97 Å². The van der Waals surface area contributed by atoms with Crippen molar-refractivity contribution in [3.05, 3.63) is 0 Å². The van der Waals surface area contributed by atoms with E-state index in [1.807, 2.05) is 0 Å². The number of carbonyl (C=O) groups is 1. The third-order valence-corrected chi connectivity index (χ3v) is 0.269. The first kappa shape index (κ1) is 10.2. The van der Waals surface area contributed by atoms with Gasteiger partial charge in [-0.2, -0.15) is 0 Å². The molecule has 0 heterocycles. The van der Waals surface area contributed by atoms with Crippen LogP contribution in [0.2, 0.25) is 0 Å². The second-order valence-electron chi connectivity index (χ2n) is 0.652. The van der Waals surface area contributed by atoms with Gasteiger partial charge in [0.25, 0.3) is 0 Å². The van der Waals surface area contributed by atoms with Crippen LogP contribution in [-0.2, 0) is 29.0 Å². The average molecular weight is 159 g/mol. The molecule has 0 aromatic carbocycles. The summed E-state index contributed by atoms with van der Waals surface area (Å²) in [4.78, 5) is 9.81. The normalized spacial score (nSPS) is 4.75. The van der Waals surface area contributed by atoms with E-state index in [2.05, 4.69) is 17.6 Å². The van der Waals surface area contributed by atoms with Crippen molar-refractivity contribution in [3.63, 3.8) is 0 Å². The van der Waals surface area contributed by atoms with Crippen LogP contribution in [0.3, 0.4) is 0 Å². The molecule has 0 amide bonds. The zero-order valence-electron chi connectivity index (χ0n) is 4.18. The van der Waals surface area contributed by atoms with E-state index in [4.69, 9.17) is 0 Å². The van der Waals surface area contributed by atoms with E-state index in [9.17, 15) is 4.79 Å². The van der Waals surface area contributed by atoms with Crippen molar-refractivity contribution in [2.45, 2.75) is 0 Å². The Kier molecular flexibility index (Phi) is 7.96. The maximum Gasteiger partial charge on any atom is 0.398 e. The topological polar surface area (TPSA) is 26.3 Å². The van der Waals surface area contributed by atoms with E-state index in [0.29, 0.717) is 0 Å². The second kappa shape index (κ2) is 6.21. The van der Waals surface area contributed by atoms with E-state index >= 15 is 0 Å². The molecule has 0 N–H and O–H groups in total.